The summed E-state index contributed by atoms with van der Waals surface area (Å²) in [5, 5.41) is 16.7. The Morgan fingerprint density at radius 3 is 2.50 bits per heavy atom. The standard InChI is InChI=1S/C18H22ClN3O4/c1-11(2)16-14(17(23)21-15(18(24)25)8-9-26-3)10-20-22(16)13-6-4-12(19)5-7-13/h4-7,10-11,15H,8-9H2,1-3H3,(H,21,23)(H,24,25). The van der Waals surface area contributed by atoms with Crippen LogP contribution < -0.4 is 5.32 Å². The largest absolute Gasteiger partial charge is 0.480 e. The average molecular weight is 380 g/mol. The first-order valence-corrected chi connectivity index (χ1v) is 8.59. The topological polar surface area (TPSA) is 93.5 Å². The van der Waals surface area contributed by atoms with Crippen LogP contribution in [0.15, 0.2) is 30.5 Å². The van der Waals surface area contributed by atoms with Crippen molar-refractivity contribution in [2.45, 2.75) is 32.2 Å². The Hall–Kier alpha value is -2.38. The number of carboxylic acid groups (broad SMARTS) is 1. The number of methoxy groups -OCH3 is 1. The lowest BCUT2D eigenvalue weighted by atomic mass is 10.0. The molecule has 2 aromatic rings. The number of hydrogen-bond acceptors (Lipinski definition) is 4. The van der Waals surface area contributed by atoms with E-state index in [2.05, 4.69) is 10.4 Å². The second-order valence-corrected chi connectivity index (χ2v) is 6.57. The molecule has 0 bridgehead atoms. The molecule has 1 aromatic heterocycles. The molecule has 2 rings (SSSR count). The summed E-state index contributed by atoms with van der Waals surface area (Å²) in [6, 6.07) is 6.07. The third-order valence-corrected chi connectivity index (χ3v) is 4.14. The fourth-order valence-corrected chi connectivity index (χ4v) is 2.73. The van der Waals surface area contributed by atoms with Gasteiger partial charge in [-0.1, -0.05) is 25.4 Å². The van der Waals surface area contributed by atoms with Gasteiger partial charge in [-0.15, -0.1) is 0 Å². The minimum absolute atomic E-state index is 0.00354. The zero-order valence-electron chi connectivity index (χ0n) is 14.9. The van der Waals surface area contributed by atoms with Crippen molar-refractivity contribution >= 4 is 23.5 Å². The van der Waals surface area contributed by atoms with Crippen molar-refractivity contribution in [2.24, 2.45) is 0 Å². The third kappa shape index (κ3) is 4.62. The summed E-state index contributed by atoms with van der Waals surface area (Å²) in [6.07, 6.45) is 1.63. The number of nitrogens with one attached hydrogen (secondary N) is 1. The average Bonchev–Trinajstić information content (AvgIpc) is 3.04. The number of benzene rings is 1. The first-order valence-electron chi connectivity index (χ1n) is 8.21. The summed E-state index contributed by atoms with van der Waals surface area (Å²) in [5.41, 5.74) is 1.81. The molecule has 2 N–H and O–H groups in total. The van der Waals surface area contributed by atoms with E-state index >= 15 is 0 Å². The van der Waals surface area contributed by atoms with E-state index in [1.807, 2.05) is 26.0 Å². The molecule has 0 aliphatic rings. The van der Waals surface area contributed by atoms with Crippen molar-refractivity contribution in [3.63, 3.8) is 0 Å². The van der Waals surface area contributed by atoms with E-state index in [1.54, 1.807) is 16.8 Å². The predicted molar refractivity (Wildman–Crippen MR) is 98.0 cm³/mol. The molecule has 8 heteroatoms. The van der Waals surface area contributed by atoms with Crippen LogP contribution in [0.4, 0.5) is 0 Å². The van der Waals surface area contributed by atoms with Crippen LogP contribution in [0.5, 0.6) is 0 Å². The first-order chi connectivity index (χ1) is 12.3. The van der Waals surface area contributed by atoms with Crippen LogP contribution >= 0.6 is 11.6 Å². The Bertz CT molecular complexity index is 771. The zero-order chi connectivity index (χ0) is 19.3. The van der Waals surface area contributed by atoms with Crippen LogP contribution in [0.2, 0.25) is 5.02 Å². The van der Waals surface area contributed by atoms with E-state index < -0.39 is 17.9 Å². The molecule has 0 aliphatic carbocycles. The number of aliphatic carboxylic acids is 1. The van der Waals surface area contributed by atoms with Crippen molar-refractivity contribution < 1.29 is 19.4 Å². The van der Waals surface area contributed by atoms with E-state index in [1.165, 1.54) is 13.3 Å². The van der Waals surface area contributed by atoms with Crippen molar-refractivity contribution in [2.75, 3.05) is 13.7 Å². The zero-order valence-corrected chi connectivity index (χ0v) is 15.7. The summed E-state index contributed by atoms with van der Waals surface area (Å²) in [4.78, 5) is 24.0. The number of aromatic nitrogens is 2. The minimum Gasteiger partial charge on any atom is -0.480 e. The third-order valence-electron chi connectivity index (χ3n) is 3.88. The smallest absolute Gasteiger partial charge is 0.326 e. The molecule has 1 aromatic carbocycles. The van der Waals surface area contributed by atoms with Crippen molar-refractivity contribution in [3.05, 3.63) is 46.7 Å². The molecule has 0 radical (unpaired) electrons. The molecule has 0 saturated carbocycles. The number of nitrogens with zero attached hydrogens (tertiary/aromatic N) is 2. The molecule has 7 nitrogen and oxygen atoms in total. The quantitative estimate of drug-likeness (QED) is 0.735. The van der Waals surface area contributed by atoms with Gasteiger partial charge in [-0.05, 0) is 30.2 Å². The molecule has 0 saturated heterocycles. The molecule has 0 fully saturated rings. The number of halogens is 1. The summed E-state index contributed by atoms with van der Waals surface area (Å²) in [6.45, 7) is 4.12. The van der Waals surface area contributed by atoms with Gasteiger partial charge in [0.1, 0.15) is 6.04 Å². The second-order valence-electron chi connectivity index (χ2n) is 6.13. The van der Waals surface area contributed by atoms with Crippen molar-refractivity contribution in [1.82, 2.24) is 15.1 Å². The highest BCUT2D eigenvalue weighted by Gasteiger charge is 2.25. The van der Waals surface area contributed by atoms with Gasteiger partial charge in [0.05, 0.1) is 23.1 Å². The molecular weight excluding hydrogens is 358 g/mol. The van der Waals surface area contributed by atoms with Gasteiger partial charge in [-0.3, -0.25) is 4.79 Å². The highest BCUT2D eigenvalue weighted by Crippen LogP contribution is 2.24. The van der Waals surface area contributed by atoms with Crippen molar-refractivity contribution in [3.8, 4) is 5.69 Å². The van der Waals surface area contributed by atoms with Crippen LogP contribution in [0.25, 0.3) is 5.69 Å². The number of ether oxygens (including phenoxy) is 1. The summed E-state index contributed by atoms with van der Waals surface area (Å²) in [7, 11) is 1.48. The molecule has 1 unspecified atom stereocenters. The van der Waals surface area contributed by atoms with Crippen molar-refractivity contribution in [1.29, 1.82) is 0 Å². The molecule has 26 heavy (non-hydrogen) atoms. The van der Waals surface area contributed by atoms with Crippen LogP contribution in [0.1, 0.15) is 42.2 Å². The lowest BCUT2D eigenvalue weighted by molar-refractivity contribution is -0.139. The van der Waals surface area contributed by atoms with E-state index in [0.717, 1.165) is 5.69 Å². The Kier molecular flexibility index (Phi) is 6.76. The summed E-state index contributed by atoms with van der Waals surface area (Å²) >= 11 is 5.93. The van der Waals surface area contributed by atoms with E-state index in [4.69, 9.17) is 16.3 Å². The number of carbonyl (C=O) groups is 2. The Labute approximate surface area is 156 Å². The minimum atomic E-state index is -1.11. The highest BCUT2D eigenvalue weighted by molar-refractivity contribution is 6.30. The fraction of sp³-hybridized carbons (Fsp3) is 0.389. The fourth-order valence-electron chi connectivity index (χ4n) is 2.61. The number of amides is 1. The van der Waals surface area contributed by atoms with Gasteiger partial charge < -0.3 is 15.2 Å². The monoisotopic (exact) mass is 379 g/mol. The van der Waals surface area contributed by atoms with Gasteiger partial charge >= 0.3 is 5.97 Å². The van der Waals surface area contributed by atoms with Crippen LogP contribution in [0.3, 0.4) is 0 Å². The van der Waals surface area contributed by atoms with Gasteiger partial charge in [-0.25, -0.2) is 9.48 Å². The number of carbonyl (C=O) groups excluding carboxylic acids is 1. The molecule has 0 spiro atoms. The SMILES string of the molecule is COCCC(NC(=O)c1cnn(-c2ccc(Cl)cc2)c1C(C)C)C(=O)O. The maximum absolute atomic E-state index is 12.7. The summed E-state index contributed by atoms with van der Waals surface area (Å²) in [5.74, 6) is -1.58. The Balaban J connectivity index is 2.32. The highest BCUT2D eigenvalue weighted by atomic mass is 35.5. The molecular formula is C18H22ClN3O4. The Morgan fingerprint density at radius 1 is 1.31 bits per heavy atom. The normalized spacial score (nSPS) is 12.2. The van der Waals surface area contributed by atoms with E-state index in [9.17, 15) is 14.7 Å². The second kappa shape index (κ2) is 8.82. The number of hydrogen-bond donors (Lipinski definition) is 2. The number of rotatable bonds is 8. The first kappa shape index (κ1) is 19.9. The number of carboxylic acids is 1. The van der Waals surface area contributed by atoms with Gasteiger partial charge in [0.25, 0.3) is 5.91 Å². The van der Waals surface area contributed by atoms with Gasteiger partial charge in [-0.2, -0.15) is 5.10 Å². The molecule has 1 amide bonds. The van der Waals surface area contributed by atoms with Gasteiger partial charge in [0, 0.05) is 25.2 Å². The summed E-state index contributed by atoms with van der Waals surface area (Å²) < 4.78 is 6.57. The maximum Gasteiger partial charge on any atom is 0.326 e. The van der Waals surface area contributed by atoms with Gasteiger partial charge in [0.15, 0.2) is 0 Å². The Morgan fingerprint density at radius 2 is 1.96 bits per heavy atom. The van der Waals surface area contributed by atoms with Crippen LogP contribution in [-0.4, -0.2) is 46.5 Å². The van der Waals surface area contributed by atoms with Crippen LogP contribution in [-0.2, 0) is 9.53 Å². The molecule has 1 heterocycles. The maximum atomic E-state index is 12.7. The molecule has 140 valence electrons. The lowest BCUT2D eigenvalue weighted by Crippen LogP contribution is -2.41. The lowest BCUT2D eigenvalue weighted by Gasteiger charge is -2.16. The van der Waals surface area contributed by atoms with Gasteiger partial charge in [0.2, 0.25) is 0 Å². The molecule has 1 atom stereocenters. The predicted octanol–water partition coefficient (Wildman–Crippen LogP) is 2.87. The van der Waals surface area contributed by atoms with E-state index in [0.29, 0.717) is 16.3 Å². The molecule has 0 aliphatic heterocycles. The van der Waals surface area contributed by atoms with E-state index in [-0.39, 0.29) is 18.9 Å². The van der Waals surface area contributed by atoms with Crippen LogP contribution in [0, 0.1) is 0 Å².